The predicted octanol–water partition coefficient (Wildman–Crippen LogP) is 3.07. The third kappa shape index (κ3) is 5.40. The van der Waals surface area contributed by atoms with Crippen molar-refractivity contribution >= 4 is 27.3 Å². The number of benzene rings is 2. The van der Waals surface area contributed by atoms with Crippen LogP contribution in [0.1, 0.15) is 11.3 Å². The molecule has 2 aromatic carbocycles. The second-order valence-corrected chi connectivity index (χ2v) is 8.66. The van der Waals surface area contributed by atoms with Crippen LogP contribution in [-0.2, 0) is 21.2 Å². The molecule has 0 aliphatic rings. The van der Waals surface area contributed by atoms with E-state index in [0.29, 0.717) is 21.9 Å². The van der Waals surface area contributed by atoms with Crippen LogP contribution < -0.4 is 9.46 Å². The number of sulfonamides is 1. The molecule has 0 spiro atoms. The third-order valence-corrected chi connectivity index (χ3v) is 6.23. The van der Waals surface area contributed by atoms with E-state index >= 15 is 0 Å². The number of hydrogen-bond acceptors (Lipinski definition) is 7. The second kappa shape index (κ2) is 8.86. The lowest BCUT2D eigenvalue weighted by atomic mass is 10.1. The summed E-state index contributed by atoms with van der Waals surface area (Å²) in [5, 5.41) is 11.1. The minimum absolute atomic E-state index is 0.00328. The Kier molecular flexibility index (Phi) is 6.26. The van der Waals surface area contributed by atoms with Gasteiger partial charge in [-0.2, -0.15) is 5.26 Å². The van der Waals surface area contributed by atoms with Gasteiger partial charge in [0.2, 0.25) is 5.91 Å². The summed E-state index contributed by atoms with van der Waals surface area (Å²) in [5.74, 6) is -0.149. The number of thiazole rings is 1. The summed E-state index contributed by atoms with van der Waals surface area (Å²) in [7, 11) is -4.01. The molecule has 1 aromatic heterocycles. The van der Waals surface area contributed by atoms with Crippen LogP contribution in [0.3, 0.4) is 0 Å². The molecule has 1 amide bonds. The van der Waals surface area contributed by atoms with Crippen LogP contribution in [0.15, 0.2) is 58.8 Å². The quantitative estimate of drug-likeness (QED) is 0.621. The van der Waals surface area contributed by atoms with Gasteiger partial charge in [0.15, 0.2) is 6.61 Å². The van der Waals surface area contributed by atoms with Gasteiger partial charge in [-0.05, 0) is 36.8 Å². The largest absolute Gasteiger partial charge is 0.479 e. The van der Waals surface area contributed by atoms with Gasteiger partial charge in [0.05, 0.1) is 11.3 Å². The Hall–Kier alpha value is -3.22. The molecule has 3 rings (SSSR count). The highest BCUT2D eigenvalue weighted by molar-refractivity contribution is 7.90. The normalized spacial score (nSPS) is 10.9. The zero-order valence-corrected chi connectivity index (χ0v) is 17.1. The van der Waals surface area contributed by atoms with Crippen molar-refractivity contribution < 1.29 is 17.9 Å². The van der Waals surface area contributed by atoms with Crippen LogP contribution in [0.25, 0.3) is 10.6 Å². The molecule has 0 atom stereocenters. The van der Waals surface area contributed by atoms with Gasteiger partial charge < -0.3 is 4.74 Å². The van der Waals surface area contributed by atoms with Gasteiger partial charge in [0.1, 0.15) is 16.8 Å². The minimum atomic E-state index is -4.01. The van der Waals surface area contributed by atoms with E-state index in [1.54, 1.807) is 36.4 Å². The van der Waals surface area contributed by atoms with Crippen molar-refractivity contribution in [1.29, 1.82) is 5.26 Å². The third-order valence-electron chi connectivity index (χ3n) is 3.85. The molecular weight excluding hydrogens is 410 g/mol. The van der Waals surface area contributed by atoms with Crippen molar-refractivity contribution in [2.75, 3.05) is 6.61 Å². The molecule has 1 heterocycles. The molecule has 1 N–H and O–H groups in total. The van der Waals surface area contributed by atoms with Crippen molar-refractivity contribution in [2.45, 2.75) is 18.2 Å². The summed E-state index contributed by atoms with van der Waals surface area (Å²) < 4.78 is 32.4. The Balaban J connectivity index is 1.69. The highest BCUT2D eigenvalue weighted by Gasteiger charge is 2.19. The molecule has 9 heteroatoms. The number of carbonyl (C=O) groups is 1. The van der Waals surface area contributed by atoms with Gasteiger partial charge in [-0.1, -0.05) is 24.3 Å². The van der Waals surface area contributed by atoms with E-state index in [-0.39, 0.29) is 17.9 Å². The maximum atomic E-state index is 12.6. The van der Waals surface area contributed by atoms with Gasteiger partial charge in [0.25, 0.3) is 10.0 Å². The van der Waals surface area contributed by atoms with Crippen LogP contribution in [0.5, 0.6) is 5.75 Å². The topological polar surface area (TPSA) is 109 Å². The summed E-state index contributed by atoms with van der Waals surface area (Å²) in [5.41, 5.74) is 2.15. The molecule has 0 aliphatic heterocycles. The predicted molar refractivity (Wildman–Crippen MR) is 109 cm³/mol. The van der Waals surface area contributed by atoms with Gasteiger partial charge in [0, 0.05) is 16.6 Å². The average molecular weight is 428 g/mol. The molecule has 0 fully saturated rings. The molecule has 0 saturated carbocycles. The Morgan fingerprint density at radius 1 is 1.24 bits per heavy atom. The maximum Gasteiger partial charge on any atom is 0.264 e. The van der Waals surface area contributed by atoms with Crippen LogP contribution >= 0.6 is 11.3 Å². The average Bonchev–Trinajstić information content (AvgIpc) is 3.13. The van der Waals surface area contributed by atoms with Crippen molar-refractivity contribution in [3.63, 3.8) is 0 Å². The lowest BCUT2D eigenvalue weighted by molar-refractivity contribution is -0.118. The first-order valence-electron chi connectivity index (χ1n) is 8.54. The number of nitrogens with zero attached hydrogens (tertiary/aromatic N) is 2. The Morgan fingerprint density at radius 2 is 2.00 bits per heavy atom. The fraction of sp³-hybridized carbons (Fsp3) is 0.150. The number of nitrogens with one attached hydrogen (secondary N) is 1. The number of nitriles is 1. The fourth-order valence-electron chi connectivity index (χ4n) is 2.53. The molecule has 0 unspecified atom stereocenters. The number of aryl methyl sites for hydroxylation is 1. The molecule has 3 aromatic rings. The molecular formula is C20H17N3O4S2. The van der Waals surface area contributed by atoms with Gasteiger partial charge in [-0.25, -0.2) is 18.1 Å². The second-order valence-electron chi connectivity index (χ2n) is 6.12. The lowest BCUT2D eigenvalue weighted by Crippen LogP contribution is -2.31. The number of aromatic nitrogens is 1. The zero-order valence-electron chi connectivity index (χ0n) is 15.5. The first-order valence-corrected chi connectivity index (χ1v) is 10.9. The van der Waals surface area contributed by atoms with E-state index in [1.807, 2.05) is 18.4 Å². The number of ether oxygens (including phenoxy) is 1. The SMILES string of the molecule is Cc1csc(-c2cccc(S(=O)(=O)NC(=O)Cc3ccc(OCC#N)cc3)c2)n1. The smallest absolute Gasteiger partial charge is 0.264 e. The maximum absolute atomic E-state index is 12.6. The number of amides is 1. The summed E-state index contributed by atoms with van der Waals surface area (Å²) >= 11 is 1.42. The first-order chi connectivity index (χ1) is 13.9. The summed E-state index contributed by atoms with van der Waals surface area (Å²) in [6.07, 6.45) is -0.108. The highest BCUT2D eigenvalue weighted by Crippen LogP contribution is 2.25. The summed E-state index contributed by atoms with van der Waals surface area (Å²) in [6, 6.07) is 14.7. The summed E-state index contributed by atoms with van der Waals surface area (Å²) in [6.45, 7) is 1.79. The zero-order chi connectivity index (χ0) is 20.9. The van der Waals surface area contributed by atoms with Crippen molar-refractivity contribution in [3.05, 3.63) is 65.2 Å². The van der Waals surface area contributed by atoms with Crippen LogP contribution in [0.4, 0.5) is 0 Å². The van der Waals surface area contributed by atoms with Crippen molar-refractivity contribution in [1.82, 2.24) is 9.71 Å². The molecule has 7 nitrogen and oxygen atoms in total. The van der Waals surface area contributed by atoms with E-state index in [9.17, 15) is 13.2 Å². The molecule has 0 aliphatic carbocycles. The van der Waals surface area contributed by atoms with Gasteiger partial charge in [-0.15, -0.1) is 11.3 Å². The van der Waals surface area contributed by atoms with E-state index in [1.165, 1.54) is 23.5 Å². The summed E-state index contributed by atoms with van der Waals surface area (Å²) in [4.78, 5) is 16.6. The van der Waals surface area contributed by atoms with Crippen LogP contribution in [0, 0.1) is 18.3 Å². The highest BCUT2D eigenvalue weighted by atomic mass is 32.2. The molecule has 0 radical (unpaired) electrons. The molecule has 0 saturated heterocycles. The van der Waals surface area contributed by atoms with Crippen molar-refractivity contribution in [2.24, 2.45) is 0 Å². The Bertz CT molecular complexity index is 1160. The number of carbonyl (C=O) groups excluding carboxylic acids is 1. The van der Waals surface area contributed by atoms with Crippen molar-refractivity contribution in [3.8, 4) is 22.4 Å². The van der Waals surface area contributed by atoms with Gasteiger partial charge in [-0.3, -0.25) is 4.79 Å². The monoisotopic (exact) mass is 427 g/mol. The first kappa shape index (κ1) is 20.5. The van der Waals surface area contributed by atoms with E-state index < -0.39 is 15.9 Å². The number of rotatable bonds is 7. The molecule has 148 valence electrons. The van der Waals surface area contributed by atoms with E-state index in [2.05, 4.69) is 9.71 Å². The number of hydrogen-bond donors (Lipinski definition) is 1. The standard InChI is InChI=1S/C20H17N3O4S2/c1-14-13-28-20(22-14)16-3-2-4-18(12-16)29(25,26)23-19(24)11-15-5-7-17(8-6-15)27-10-9-21/h2-8,12-13H,10-11H2,1H3,(H,23,24). The lowest BCUT2D eigenvalue weighted by Gasteiger charge is -2.08. The van der Waals surface area contributed by atoms with E-state index in [4.69, 9.17) is 10.00 Å². The fourth-order valence-corrected chi connectivity index (χ4v) is 4.36. The van der Waals surface area contributed by atoms with Crippen LogP contribution in [-0.4, -0.2) is 25.9 Å². The van der Waals surface area contributed by atoms with Gasteiger partial charge >= 0.3 is 0 Å². The van der Waals surface area contributed by atoms with E-state index in [0.717, 1.165) is 5.69 Å². The Morgan fingerprint density at radius 3 is 2.66 bits per heavy atom. The molecule has 0 bridgehead atoms. The van der Waals surface area contributed by atoms with Crippen LogP contribution in [0.2, 0.25) is 0 Å². The molecule has 29 heavy (non-hydrogen) atoms. The minimum Gasteiger partial charge on any atom is -0.479 e. The Labute approximate surface area is 172 Å².